The summed E-state index contributed by atoms with van der Waals surface area (Å²) in [4.78, 5) is 53.0. The average Bonchev–Trinajstić information content (AvgIpc) is 3.35. The molecule has 0 atom stereocenters. The zero-order valence-electron chi connectivity index (χ0n) is 25.1. The predicted molar refractivity (Wildman–Crippen MR) is 160 cm³/mol. The van der Waals surface area contributed by atoms with Gasteiger partial charge in [-0.1, -0.05) is 24.3 Å². The minimum Gasteiger partial charge on any atom is -0.497 e. The Morgan fingerprint density at radius 1 is 0.848 bits per heavy atom. The highest BCUT2D eigenvalue weighted by Gasteiger charge is 2.31. The van der Waals surface area contributed by atoms with Gasteiger partial charge in [0.05, 0.1) is 37.6 Å². The third-order valence-electron chi connectivity index (χ3n) is 7.10. The molecule has 4 aromatic rings. The maximum Gasteiger partial charge on any atom is 0.573 e. The first-order chi connectivity index (χ1) is 21.8. The number of rotatable bonds is 12. The van der Waals surface area contributed by atoms with Crippen LogP contribution in [0.25, 0.3) is 0 Å². The number of ether oxygens (including phenoxy) is 3. The second kappa shape index (κ2) is 14.0. The van der Waals surface area contributed by atoms with Crippen LogP contribution in [0, 0.1) is 6.92 Å². The van der Waals surface area contributed by atoms with E-state index in [-0.39, 0.29) is 29.9 Å². The number of carbonyl (C=O) groups excluding carboxylic acids is 4. The first-order valence-corrected chi connectivity index (χ1v) is 13.8. The monoisotopic (exact) mass is 637 g/mol. The molecule has 0 radical (unpaired) electrons. The number of hydrogen-bond acceptors (Lipinski definition) is 7. The smallest absolute Gasteiger partial charge is 0.497 e. The lowest BCUT2D eigenvalue weighted by atomic mass is 10.1. The van der Waals surface area contributed by atoms with Crippen molar-refractivity contribution in [1.29, 1.82) is 0 Å². The summed E-state index contributed by atoms with van der Waals surface area (Å²) >= 11 is 0. The van der Waals surface area contributed by atoms with Crippen molar-refractivity contribution in [2.75, 3.05) is 20.8 Å². The maximum atomic E-state index is 13.9. The Morgan fingerprint density at radius 2 is 1.50 bits per heavy atom. The van der Waals surface area contributed by atoms with Gasteiger partial charge in [-0.15, -0.1) is 13.2 Å². The summed E-state index contributed by atoms with van der Waals surface area (Å²) in [7, 11) is 2.74. The highest BCUT2D eigenvalue weighted by Crippen LogP contribution is 2.25. The predicted octanol–water partition coefficient (Wildman–Crippen LogP) is 5.16. The molecule has 0 aliphatic carbocycles. The van der Waals surface area contributed by atoms with E-state index in [1.165, 1.54) is 54.0 Å². The fraction of sp³-hybridized carbons (Fsp3) is 0.212. The van der Waals surface area contributed by atoms with Crippen molar-refractivity contribution in [2.24, 2.45) is 5.73 Å². The number of nitrogens with zero attached hydrogens (tertiary/aromatic N) is 2. The van der Waals surface area contributed by atoms with Gasteiger partial charge in [-0.25, -0.2) is 4.79 Å². The minimum atomic E-state index is -4.90. The number of benzene rings is 3. The first-order valence-electron chi connectivity index (χ1n) is 13.8. The summed E-state index contributed by atoms with van der Waals surface area (Å²) in [5, 5.41) is 0. The van der Waals surface area contributed by atoms with Gasteiger partial charge in [-0.05, 0) is 72.6 Å². The van der Waals surface area contributed by atoms with Crippen LogP contribution in [0.2, 0.25) is 0 Å². The zero-order valence-corrected chi connectivity index (χ0v) is 25.1. The van der Waals surface area contributed by atoms with Gasteiger partial charge in [0.25, 0.3) is 11.8 Å². The molecule has 2 amide bonds. The Balaban J connectivity index is 1.69. The van der Waals surface area contributed by atoms with Crippen LogP contribution in [-0.4, -0.2) is 60.2 Å². The number of nitrogens with two attached hydrogens (primary N) is 1. The molecular weight excluding hydrogens is 607 g/mol. The lowest BCUT2D eigenvalue weighted by Gasteiger charge is -2.23. The molecule has 0 unspecified atom stereocenters. The molecule has 0 saturated carbocycles. The topological polar surface area (TPSA) is 130 Å². The van der Waals surface area contributed by atoms with Crippen molar-refractivity contribution in [3.8, 4) is 11.5 Å². The van der Waals surface area contributed by atoms with Gasteiger partial charge in [0, 0.05) is 24.3 Å². The van der Waals surface area contributed by atoms with Crippen molar-refractivity contribution >= 4 is 23.6 Å². The molecule has 10 nitrogen and oxygen atoms in total. The number of carbonyl (C=O) groups is 4. The number of aromatic nitrogens is 1. The molecule has 0 saturated heterocycles. The molecule has 1 heterocycles. The van der Waals surface area contributed by atoms with Crippen LogP contribution in [0.5, 0.6) is 11.5 Å². The molecule has 1 aromatic heterocycles. The number of alkyl halides is 3. The highest BCUT2D eigenvalue weighted by molar-refractivity contribution is 6.04. The fourth-order valence-corrected chi connectivity index (χ4v) is 4.81. The van der Waals surface area contributed by atoms with E-state index in [2.05, 4.69) is 4.74 Å². The quantitative estimate of drug-likeness (QED) is 0.168. The highest BCUT2D eigenvalue weighted by atomic mass is 19.4. The Hall–Kier alpha value is -5.59. The number of Topliss-reactive ketones (excluding diaryl/α,β-unsaturated/α-hetero) is 1. The van der Waals surface area contributed by atoms with Gasteiger partial charge < -0.3 is 29.4 Å². The van der Waals surface area contributed by atoms with Gasteiger partial charge in [0.2, 0.25) is 0 Å². The van der Waals surface area contributed by atoms with Crippen LogP contribution in [0.1, 0.15) is 58.4 Å². The molecule has 240 valence electrons. The van der Waals surface area contributed by atoms with Gasteiger partial charge in [0.1, 0.15) is 11.5 Å². The lowest BCUT2D eigenvalue weighted by Crippen LogP contribution is -2.36. The van der Waals surface area contributed by atoms with Gasteiger partial charge >= 0.3 is 12.3 Å². The molecular formula is C33H30F3N3O7. The fourth-order valence-electron chi connectivity index (χ4n) is 4.81. The van der Waals surface area contributed by atoms with Gasteiger partial charge in [-0.3, -0.25) is 14.4 Å². The first kappa shape index (κ1) is 33.3. The normalized spacial score (nSPS) is 11.1. The van der Waals surface area contributed by atoms with Crippen molar-refractivity contribution in [3.05, 3.63) is 118 Å². The number of methoxy groups -OCH3 is 2. The third-order valence-corrected chi connectivity index (χ3v) is 7.10. The summed E-state index contributed by atoms with van der Waals surface area (Å²) in [6.45, 7) is 0.979. The van der Waals surface area contributed by atoms with Gasteiger partial charge in [-0.2, -0.15) is 0 Å². The molecule has 2 N–H and O–H groups in total. The molecule has 3 aromatic carbocycles. The molecule has 46 heavy (non-hydrogen) atoms. The van der Waals surface area contributed by atoms with Crippen LogP contribution in [-0.2, 0) is 17.8 Å². The average molecular weight is 638 g/mol. The summed E-state index contributed by atoms with van der Waals surface area (Å²) < 4.78 is 53.8. The third kappa shape index (κ3) is 8.11. The number of primary amides is 1. The summed E-state index contributed by atoms with van der Waals surface area (Å²) in [6, 6.07) is 19.1. The zero-order chi connectivity index (χ0) is 33.6. The Bertz CT molecular complexity index is 1750. The molecule has 0 aliphatic rings. The number of halogens is 3. The van der Waals surface area contributed by atoms with E-state index < -0.39 is 42.2 Å². The molecule has 0 fully saturated rings. The molecule has 0 spiro atoms. The molecule has 0 aliphatic heterocycles. The van der Waals surface area contributed by atoms with E-state index in [0.717, 1.165) is 6.07 Å². The molecule has 4 rings (SSSR count). The Kier molecular flexibility index (Phi) is 10.1. The Labute approximate surface area is 262 Å². The standard InChI is InChI=1S/C33H30F3N3O7/c1-20-27(30(37)41)16-28(39(20)18-22-5-4-6-26(15-22)46-33(34,35)36)29(40)19-38(31(42)23-11-13-25(44-2)14-12-23)17-21-7-9-24(10-8-21)32(43)45-3/h4-16H,17-19H2,1-3H3,(H2,37,41). The largest absolute Gasteiger partial charge is 0.573 e. The van der Waals surface area contributed by atoms with E-state index in [1.54, 1.807) is 49.4 Å². The minimum absolute atomic E-state index is 0.0158. The second-order valence-corrected chi connectivity index (χ2v) is 10.2. The van der Waals surface area contributed by atoms with Crippen LogP contribution >= 0.6 is 0 Å². The van der Waals surface area contributed by atoms with E-state index in [9.17, 15) is 32.3 Å². The van der Waals surface area contributed by atoms with E-state index in [0.29, 0.717) is 28.1 Å². The van der Waals surface area contributed by atoms with E-state index in [1.807, 2.05) is 0 Å². The second-order valence-electron chi connectivity index (χ2n) is 10.2. The number of esters is 1. The van der Waals surface area contributed by atoms with E-state index >= 15 is 0 Å². The van der Waals surface area contributed by atoms with Crippen LogP contribution in [0.3, 0.4) is 0 Å². The van der Waals surface area contributed by atoms with Crippen molar-refractivity contribution in [3.63, 3.8) is 0 Å². The Morgan fingerprint density at radius 3 is 2.09 bits per heavy atom. The lowest BCUT2D eigenvalue weighted by molar-refractivity contribution is -0.274. The van der Waals surface area contributed by atoms with E-state index in [4.69, 9.17) is 15.2 Å². The number of amides is 2. The maximum absolute atomic E-state index is 13.9. The van der Waals surface area contributed by atoms with Crippen LogP contribution < -0.4 is 15.2 Å². The van der Waals surface area contributed by atoms with Gasteiger partial charge in [0.15, 0.2) is 5.78 Å². The molecule has 0 bridgehead atoms. The summed E-state index contributed by atoms with van der Waals surface area (Å²) in [5.41, 5.74) is 7.45. The molecule has 13 heteroatoms. The van der Waals surface area contributed by atoms with Crippen LogP contribution in [0.15, 0.2) is 78.9 Å². The summed E-state index contributed by atoms with van der Waals surface area (Å²) in [5.74, 6) is -2.33. The SMILES string of the molecule is COC(=O)c1ccc(CN(CC(=O)c2cc(C(N)=O)c(C)n2Cc2cccc(OC(F)(F)F)c2)C(=O)c2ccc(OC)cc2)cc1. The number of ketones is 1. The van der Waals surface area contributed by atoms with Crippen molar-refractivity contribution in [1.82, 2.24) is 9.47 Å². The number of hydrogen-bond donors (Lipinski definition) is 1. The summed E-state index contributed by atoms with van der Waals surface area (Å²) in [6.07, 6.45) is -4.90. The van der Waals surface area contributed by atoms with Crippen molar-refractivity contribution in [2.45, 2.75) is 26.4 Å². The van der Waals surface area contributed by atoms with Crippen molar-refractivity contribution < 1.29 is 46.6 Å². The van der Waals surface area contributed by atoms with Crippen LogP contribution in [0.4, 0.5) is 13.2 Å².